The van der Waals surface area contributed by atoms with Crippen LogP contribution < -0.4 is 5.32 Å². The first-order valence-corrected chi connectivity index (χ1v) is 7.02. The van der Waals surface area contributed by atoms with Crippen LogP contribution in [0.1, 0.15) is 51.4 Å². The molecule has 3 fully saturated rings. The Balaban J connectivity index is 1.59. The lowest BCUT2D eigenvalue weighted by Gasteiger charge is -2.33. The average Bonchev–Trinajstić information content (AvgIpc) is 2.92. The lowest BCUT2D eigenvalue weighted by atomic mass is 9.84. The minimum atomic E-state index is 0.285. The molecule has 0 spiro atoms. The Labute approximate surface area is 98.4 Å². The van der Waals surface area contributed by atoms with E-state index in [0.717, 1.165) is 24.3 Å². The van der Waals surface area contributed by atoms with E-state index in [0.29, 0.717) is 6.04 Å². The molecule has 0 amide bonds. The fourth-order valence-corrected chi connectivity index (χ4v) is 4.21. The number of nitrogens with zero attached hydrogens (tertiary/aromatic N) is 1. The van der Waals surface area contributed by atoms with Crippen LogP contribution in [0.25, 0.3) is 0 Å². The third-order valence-corrected chi connectivity index (χ3v) is 5.10. The number of nitriles is 1. The number of hydrogen-bond donors (Lipinski definition) is 1. The second kappa shape index (κ2) is 4.37. The largest absolute Gasteiger partial charge is 0.310 e. The van der Waals surface area contributed by atoms with Crippen LogP contribution in [0.15, 0.2) is 0 Å². The maximum Gasteiger partial charge on any atom is 0.0672 e. The molecule has 2 heteroatoms. The van der Waals surface area contributed by atoms with Gasteiger partial charge in [0.2, 0.25) is 0 Å². The van der Waals surface area contributed by atoms with Crippen molar-refractivity contribution in [2.75, 3.05) is 0 Å². The van der Waals surface area contributed by atoms with Crippen molar-refractivity contribution in [2.45, 2.75) is 63.5 Å². The molecule has 0 aromatic rings. The third kappa shape index (κ3) is 1.86. The molecule has 3 rings (SSSR count). The van der Waals surface area contributed by atoms with Gasteiger partial charge >= 0.3 is 0 Å². The zero-order valence-corrected chi connectivity index (χ0v) is 9.99. The summed E-state index contributed by atoms with van der Waals surface area (Å²) >= 11 is 0. The molecule has 16 heavy (non-hydrogen) atoms. The van der Waals surface area contributed by atoms with Crippen molar-refractivity contribution in [3.05, 3.63) is 0 Å². The maximum atomic E-state index is 9.18. The molecule has 5 atom stereocenters. The first-order valence-electron chi connectivity index (χ1n) is 7.02. The lowest BCUT2D eigenvalue weighted by molar-refractivity contribution is 0.246. The van der Waals surface area contributed by atoms with Crippen LogP contribution in [0.5, 0.6) is 0 Å². The zero-order chi connectivity index (χ0) is 11.0. The van der Waals surface area contributed by atoms with E-state index in [1.54, 1.807) is 0 Å². The van der Waals surface area contributed by atoms with Gasteiger partial charge in [-0.2, -0.15) is 5.26 Å². The molecule has 88 valence electrons. The quantitative estimate of drug-likeness (QED) is 0.773. The molecule has 0 radical (unpaired) electrons. The van der Waals surface area contributed by atoms with Crippen LogP contribution >= 0.6 is 0 Å². The number of hydrogen-bond acceptors (Lipinski definition) is 2. The normalized spacial score (nSPS) is 46.8. The summed E-state index contributed by atoms with van der Waals surface area (Å²) in [6, 6.07) is 3.76. The van der Waals surface area contributed by atoms with Gasteiger partial charge in [0.05, 0.1) is 12.0 Å². The Morgan fingerprint density at radius 2 is 1.81 bits per heavy atom. The van der Waals surface area contributed by atoms with Gasteiger partial charge in [-0.25, -0.2) is 0 Å². The van der Waals surface area contributed by atoms with Gasteiger partial charge in [-0.05, 0) is 43.9 Å². The number of rotatable bonds is 2. The lowest BCUT2D eigenvalue weighted by Crippen LogP contribution is -2.46. The van der Waals surface area contributed by atoms with E-state index in [1.807, 2.05) is 0 Å². The minimum absolute atomic E-state index is 0.285. The molecule has 0 heterocycles. The summed E-state index contributed by atoms with van der Waals surface area (Å²) in [6.07, 6.45) is 10.7. The SMILES string of the molecule is N#CC1CCCCC1NC1CC2CCC1C2. The molecule has 0 aromatic heterocycles. The first kappa shape index (κ1) is 10.6. The van der Waals surface area contributed by atoms with Crippen LogP contribution in [0, 0.1) is 29.1 Å². The fourth-order valence-electron chi connectivity index (χ4n) is 4.21. The molecule has 3 aliphatic carbocycles. The molecule has 0 aliphatic heterocycles. The number of fused-ring (bicyclic) bond motifs is 2. The van der Waals surface area contributed by atoms with Crippen molar-refractivity contribution >= 4 is 0 Å². The molecular formula is C14H22N2. The second-order valence-electron chi connectivity index (χ2n) is 6.07. The summed E-state index contributed by atoms with van der Waals surface area (Å²) < 4.78 is 0. The van der Waals surface area contributed by atoms with Crippen LogP contribution in [0.4, 0.5) is 0 Å². The van der Waals surface area contributed by atoms with Crippen molar-refractivity contribution in [3.63, 3.8) is 0 Å². The van der Waals surface area contributed by atoms with Crippen LogP contribution in [0.2, 0.25) is 0 Å². The van der Waals surface area contributed by atoms with Crippen molar-refractivity contribution < 1.29 is 0 Å². The first-order chi connectivity index (χ1) is 7.86. The highest BCUT2D eigenvalue weighted by atomic mass is 15.0. The number of nitrogens with one attached hydrogen (secondary N) is 1. The monoisotopic (exact) mass is 218 g/mol. The summed E-state index contributed by atoms with van der Waals surface area (Å²) in [4.78, 5) is 0. The van der Waals surface area contributed by atoms with Crippen LogP contribution in [0.3, 0.4) is 0 Å². The van der Waals surface area contributed by atoms with Gasteiger partial charge in [0.25, 0.3) is 0 Å². The molecule has 0 saturated heterocycles. The van der Waals surface area contributed by atoms with E-state index in [9.17, 15) is 5.26 Å². The van der Waals surface area contributed by atoms with Gasteiger partial charge in [-0.1, -0.05) is 19.3 Å². The highest BCUT2D eigenvalue weighted by Crippen LogP contribution is 2.45. The zero-order valence-electron chi connectivity index (χ0n) is 9.99. The van der Waals surface area contributed by atoms with E-state index in [1.165, 1.54) is 44.9 Å². The predicted molar refractivity (Wildman–Crippen MR) is 63.7 cm³/mol. The van der Waals surface area contributed by atoms with E-state index >= 15 is 0 Å². The summed E-state index contributed by atoms with van der Waals surface area (Å²) in [5.74, 6) is 2.23. The van der Waals surface area contributed by atoms with E-state index in [-0.39, 0.29) is 5.92 Å². The Hall–Kier alpha value is -0.550. The van der Waals surface area contributed by atoms with Crippen molar-refractivity contribution in [1.29, 1.82) is 5.26 Å². The molecule has 2 bridgehead atoms. The smallest absolute Gasteiger partial charge is 0.0672 e. The Morgan fingerprint density at radius 1 is 0.938 bits per heavy atom. The maximum absolute atomic E-state index is 9.18. The van der Waals surface area contributed by atoms with Gasteiger partial charge in [0.1, 0.15) is 0 Å². The standard InChI is InChI=1S/C14H22N2/c15-9-12-3-1-2-4-13(12)16-14-8-10-5-6-11(14)7-10/h10-14,16H,1-8H2. The molecule has 0 aromatic carbocycles. The van der Waals surface area contributed by atoms with Crippen molar-refractivity contribution in [1.82, 2.24) is 5.32 Å². The van der Waals surface area contributed by atoms with E-state index in [2.05, 4.69) is 11.4 Å². The highest BCUT2D eigenvalue weighted by Gasteiger charge is 2.41. The van der Waals surface area contributed by atoms with E-state index < -0.39 is 0 Å². The van der Waals surface area contributed by atoms with Crippen LogP contribution in [-0.4, -0.2) is 12.1 Å². The Bertz CT molecular complexity index is 294. The van der Waals surface area contributed by atoms with Gasteiger partial charge in [0, 0.05) is 12.1 Å². The van der Waals surface area contributed by atoms with Crippen LogP contribution in [-0.2, 0) is 0 Å². The summed E-state index contributed by atoms with van der Waals surface area (Å²) in [5, 5.41) is 13.0. The average molecular weight is 218 g/mol. The van der Waals surface area contributed by atoms with Gasteiger partial charge < -0.3 is 5.32 Å². The van der Waals surface area contributed by atoms with Crippen molar-refractivity contribution in [2.24, 2.45) is 17.8 Å². The highest BCUT2D eigenvalue weighted by molar-refractivity contribution is 5.00. The Kier molecular flexibility index (Phi) is 2.90. The molecule has 2 nitrogen and oxygen atoms in total. The van der Waals surface area contributed by atoms with Gasteiger partial charge in [0.15, 0.2) is 0 Å². The fraction of sp³-hybridized carbons (Fsp3) is 0.929. The summed E-state index contributed by atoms with van der Waals surface area (Å²) in [6.45, 7) is 0. The predicted octanol–water partition coefficient (Wildman–Crippen LogP) is 2.85. The topological polar surface area (TPSA) is 35.8 Å². The van der Waals surface area contributed by atoms with Gasteiger partial charge in [-0.15, -0.1) is 0 Å². The molecular weight excluding hydrogens is 196 g/mol. The summed E-state index contributed by atoms with van der Waals surface area (Å²) in [5.41, 5.74) is 0. The van der Waals surface area contributed by atoms with E-state index in [4.69, 9.17) is 0 Å². The van der Waals surface area contributed by atoms with Crippen molar-refractivity contribution in [3.8, 4) is 6.07 Å². The van der Waals surface area contributed by atoms with Gasteiger partial charge in [-0.3, -0.25) is 0 Å². The molecule has 1 N–H and O–H groups in total. The molecule has 3 aliphatic rings. The summed E-state index contributed by atoms with van der Waals surface area (Å²) in [7, 11) is 0. The minimum Gasteiger partial charge on any atom is -0.310 e. The Morgan fingerprint density at radius 3 is 2.50 bits per heavy atom. The second-order valence-corrected chi connectivity index (χ2v) is 6.07. The molecule has 5 unspecified atom stereocenters. The third-order valence-electron chi connectivity index (χ3n) is 5.10. The molecule has 3 saturated carbocycles.